The number of nitrogens with zero attached hydrogens (tertiary/aromatic N) is 2. The standard InChI is InChI=1S/C20H26FN3O.HI/c1-22-19(24-10-15-16(11-24)18-6-5-17(15)25-18)23-12-20(7-8-20)13-3-2-4-14(21)9-13;/h2-4,9,15-18H,5-8,10-12H2,1H3,(H,22,23);1H. The molecule has 1 aliphatic carbocycles. The van der Waals surface area contributed by atoms with Crippen LogP contribution in [0.2, 0.25) is 0 Å². The van der Waals surface area contributed by atoms with E-state index in [1.807, 2.05) is 13.1 Å². The summed E-state index contributed by atoms with van der Waals surface area (Å²) in [5.74, 6) is 2.21. The number of guanidine groups is 1. The van der Waals surface area contributed by atoms with Gasteiger partial charge in [-0.2, -0.15) is 0 Å². The van der Waals surface area contributed by atoms with Crippen molar-refractivity contribution in [1.82, 2.24) is 10.2 Å². The van der Waals surface area contributed by atoms with Crippen molar-refractivity contribution < 1.29 is 9.13 Å². The third-order valence-corrected chi connectivity index (χ3v) is 6.84. The normalized spacial score (nSPS) is 33.8. The van der Waals surface area contributed by atoms with Gasteiger partial charge in [0.15, 0.2) is 5.96 Å². The number of nitrogens with one attached hydrogen (secondary N) is 1. The molecule has 4 nitrogen and oxygen atoms in total. The maximum absolute atomic E-state index is 13.6. The zero-order chi connectivity index (χ0) is 17.0. The molecule has 1 saturated carbocycles. The number of halogens is 2. The van der Waals surface area contributed by atoms with E-state index in [0.717, 1.165) is 44.0 Å². The zero-order valence-corrected chi connectivity index (χ0v) is 17.5. The number of fused-ring (bicyclic) bond motifs is 5. The molecule has 0 radical (unpaired) electrons. The Morgan fingerprint density at radius 3 is 2.54 bits per heavy atom. The van der Waals surface area contributed by atoms with Crippen LogP contribution in [0, 0.1) is 17.7 Å². The van der Waals surface area contributed by atoms with Crippen LogP contribution in [0.4, 0.5) is 4.39 Å². The van der Waals surface area contributed by atoms with Gasteiger partial charge in [0.25, 0.3) is 0 Å². The van der Waals surface area contributed by atoms with Gasteiger partial charge in [0.2, 0.25) is 0 Å². The van der Waals surface area contributed by atoms with Crippen molar-refractivity contribution in [1.29, 1.82) is 0 Å². The lowest BCUT2D eigenvalue weighted by Gasteiger charge is -2.26. The maximum atomic E-state index is 13.6. The van der Waals surface area contributed by atoms with Gasteiger partial charge in [0.05, 0.1) is 12.2 Å². The SMILES string of the molecule is CN=C(NCC1(c2cccc(F)c2)CC1)N1CC2C3CCC(O3)C2C1.I. The first kappa shape index (κ1) is 18.5. The first-order valence-electron chi connectivity index (χ1n) is 9.56. The fraction of sp³-hybridized carbons (Fsp3) is 0.650. The van der Waals surface area contributed by atoms with E-state index in [4.69, 9.17) is 4.74 Å². The lowest BCUT2D eigenvalue weighted by Crippen LogP contribution is -2.44. The molecule has 0 spiro atoms. The van der Waals surface area contributed by atoms with Crippen molar-refractivity contribution >= 4 is 29.9 Å². The summed E-state index contributed by atoms with van der Waals surface area (Å²) in [6, 6.07) is 7.07. The Morgan fingerprint density at radius 2 is 1.96 bits per heavy atom. The van der Waals surface area contributed by atoms with Gasteiger partial charge < -0.3 is 15.0 Å². The van der Waals surface area contributed by atoms with Gasteiger partial charge in [-0.15, -0.1) is 24.0 Å². The highest BCUT2D eigenvalue weighted by atomic mass is 127. The van der Waals surface area contributed by atoms with Crippen molar-refractivity contribution in [2.24, 2.45) is 16.8 Å². The molecule has 5 rings (SSSR count). The number of benzene rings is 1. The highest BCUT2D eigenvalue weighted by Gasteiger charge is 2.53. The molecule has 0 aromatic heterocycles. The van der Waals surface area contributed by atoms with E-state index in [2.05, 4.69) is 21.3 Å². The second-order valence-electron chi connectivity index (χ2n) is 8.21. The molecule has 0 amide bonds. The van der Waals surface area contributed by atoms with E-state index in [0.29, 0.717) is 24.0 Å². The first-order chi connectivity index (χ1) is 12.2. The Morgan fingerprint density at radius 1 is 1.27 bits per heavy atom. The number of likely N-dealkylation sites (tertiary alicyclic amines) is 1. The smallest absolute Gasteiger partial charge is 0.193 e. The summed E-state index contributed by atoms with van der Waals surface area (Å²) in [6.45, 7) is 2.94. The molecule has 1 aromatic carbocycles. The Bertz CT molecular complexity index is 690. The quantitative estimate of drug-likeness (QED) is 0.418. The molecule has 2 bridgehead atoms. The van der Waals surface area contributed by atoms with E-state index in [9.17, 15) is 4.39 Å². The van der Waals surface area contributed by atoms with Crippen LogP contribution in [0.25, 0.3) is 0 Å². The molecule has 1 N–H and O–H groups in total. The minimum Gasteiger partial charge on any atom is -0.374 e. The van der Waals surface area contributed by atoms with Gasteiger partial charge >= 0.3 is 0 Å². The van der Waals surface area contributed by atoms with Gasteiger partial charge in [-0.25, -0.2) is 4.39 Å². The van der Waals surface area contributed by atoms with Crippen LogP contribution in [0.1, 0.15) is 31.2 Å². The fourth-order valence-corrected chi connectivity index (χ4v) is 5.25. The largest absolute Gasteiger partial charge is 0.374 e. The van der Waals surface area contributed by atoms with E-state index < -0.39 is 0 Å². The topological polar surface area (TPSA) is 36.9 Å². The fourth-order valence-electron chi connectivity index (χ4n) is 5.25. The summed E-state index contributed by atoms with van der Waals surface area (Å²) in [7, 11) is 1.86. The molecule has 3 aliphatic heterocycles. The molecule has 1 aromatic rings. The Kier molecular flexibility index (Phi) is 4.92. The van der Waals surface area contributed by atoms with E-state index in [1.54, 1.807) is 6.07 Å². The van der Waals surface area contributed by atoms with Crippen LogP contribution < -0.4 is 5.32 Å². The minimum absolute atomic E-state index is 0. The number of hydrogen-bond donors (Lipinski definition) is 1. The summed E-state index contributed by atoms with van der Waals surface area (Å²) in [4.78, 5) is 6.93. The summed E-state index contributed by atoms with van der Waals surface area (Å²) in [5.41, 5.74) is 1.19. The number of hydrogen-bond acceptors (Lipinski definition) is 2. The van der Waals surface area contributed by atoms with Gasteiger partial charge in [-0.05, 0) is 43.4 Å². The van der Waals surface area contributed by atoms with Crippen molar-refractivity contribution in [3.05, 3.63) is 35.6 Å². The second-order valence-corrected chi connectivity index (χ2v) is 8.21. The molecular weight excluding hydrogens is 444 g/mol. The van der Waals surface area contributed by atoms with Crippen molar-refractivity contribution in [3.8, 4) is 0 Å². The molecule has 4 aliphatic rings. The third-order valence-electron chi connectivity index (χ3n) is 6.84. The van der Waals surface area contributed by atoms with Crippen LogP contribution in [-0.2, 0) is 10.2 Å². The molecular formula is C20H27FIN3O. The predicted octanol–water partition coefficient (Wildman–Crippen LogP) is 3.16. The average molecular weight is 471 g/mol. The van der Waals surface area contributed by atoms with Gasteiger partial charge in [0.1, 0.15) is 5.82 Å². The molecule has 26 heavy (non-hydrogen) atoms. The Balaban J connectivity index is 0.00000168. The van der Waals surface area contributed by atoms with Crippen LogP contribution >= 0.6 is 24.0 Å². The number of rotatable bonds is 3. The summed E-state index contributed by atoms with van der Waals surface area (Å²) < 4.78 is 19.7. The van der Waals surface area contributed by atoms with E-state index in [-0.39, 0.29) is 35.2 Å². The second kappa shape index (κ2) is 6.93. The van der Waals surface area contributed by atoms with E-state index in [1.165, 1.54) is 18.9 Å². The first-order valence-corrected chi connectivity index (χ1v) is 9.56. The van der Waals surface area contributed by atoms with Crippen LogP contribution in [-0.4, -0.2) is 49.7 Å². The monoisotopic (exact) mass is 471 g/mol. The van der Waals surface area contributed by atoms with Crippen molar-refractivity contribution in [2.75, 3.05) is 26.7 Å². The van der Waals surface area contributed by atoms with Crippen LogP contribution in [0.3, 0.4) is 0 Å². The number of aliphatic imine (C=N–C) groups is 1. The van der Waals surface area contributed by atoms with Crippen molar-refractivity contribution in [2.45, 2.75) is 43.3 Å². The minimum atomic E-state index is -0.143. The summed E-state index contributed by atoms with van der Waals surface area (Å²) in [6.07, 6.45) is 5.64. The van der Waals surface area contributed by atoms with Crippen LogP contribution in [0.5, 0.6) is 0 Å². The zero-order valence-electron chi connectivity index (χ0n) is 15.2. The predicted molar refractivity (Wildman–Crippen MR) is 111 cm³/mol. The molecule has 6 heteroatoms. The summed E-state index contributed by atoms with van der Waals surface area (Å²) >= 11 is 0. The molecule has 3 heterocycles. The molecule has 4 fully saturated rings. The van der Waals surface area contributed by atoms with Gasteiger partial charge in [-0.3, -0.25) is 4.99 Å². The molecule has 4 atom stereocenters. The van der Waals surface area contributed by atoms with Gasteiger partial charge in [0, 0.05) is 43.9 Å². The molecule has 3 saturated heterocycles. The molecule has 4 unspecified atom stereocenters. The van der Waals surface area contributed by atoms with Crippen LogP contribution in [0.15, 0.2) is 29.3 Å². The highest BCUT2D eigenvalue weighted by Crippen LogP contribution is 2.48. The lowest BCUT2D eigenvalue weighted by molar-refractivity contribution is 0.0767. The highest BCUT2D eigenvalue weighted by molar-refractivity contribution is 14.0. The van der Waals surface area contributed by atoms with Gasteiger partial charge in [-0.1, -0.05) is 12.1 Å². The average Bonchev–Trinajstić information content (AvgIpc) is 2.97. The van der Waals surface area contributed by atoms with E-state index >= 15 is 0 Å². The third kappa shape index (κ3) is 3.03. The summed E-state index contributed by atoms with van der Waals surface area (Å²) in [5, 5.41) is 3.58. The Hall–Kier alpha value is -0.890. The Labute approximate surface area is 171 Å². The lowest BCUT2D eigenvalue weighted by atomic mass is 9.82. The maximum Gasteiger partial charge on any atom is 0.193 e. The van der Waals surface area contributed by atoms with Crippen molar-refractivity contribution in [3.63, 3.8) is 0 Å². The molecule has 142 valence electrons. The number of ether oxygens (including phenoxy) is 1.